The molecule has 0 fully saturated rings. The molecule has 0 radical (unpaired) electrons. The smallest absolute Gasteiger partial charge is 0.271 e. The molecular weight excluding hydrogens is 334 g/mol. The van der Waals surface area contributed by atoms with E-state index in [1.165, 1.54) is 12.1 Å². The Kier molecular flexibility index (Phi) is 4.90. The van der Waals surface area contributed by atoms with E-state index in [-0.39, 0.29) is 16.5 Å². The van der Waals surface area contributed by atoms with E-state index in [2.05, 4.69) is 15.4 Å². The predicted octanol–water partition coefficient (Wildman–Crippen LogP) is 3.45. The van der Waals surface area contributed by atoms with E-state index in [4.69, 9.17) is 5.26 Å². The van der Waals surface area contributed by atoms with Crippen LogP contribution in [0.4, 0.5) is 23.2 Å². The molecule has 2 rings (SSSR count). The molecule has 120 valence electrons. The number of nitrogens with zero attached hydrogens (tertiary/aromatic N) is 4. The average Bonchev–Trinajstić information content (AvgIpc) is 2.96. The van der Waals surface area contributed by atoms with Gasteiger partial charge in [-0.1, -0.05) is 11.8 Å². The standard InChI is InChI=1S/C13H9F4N5S/c1-23-12(19-7-18)20-8-2-3-10(9(14)6-8)22-5-4-11(21-22)13(15,16)17/h2-6H,1H3,(H,19,20). The van der Waals surface area contributed by atoms with Gasteiger partial charge in [0.2, 0.25) is 0 Å². The number of amidine groups is 1. The zero-order valence-corrected chi connectivity index (χ0v) is 12.4. The maximum Gasteiger partial charge on any atom is 0.435 e. The van der Waals surface area contributed by atoms with Crippen LogP contribution in [0.25, 0.3) is 5.69 Å². The number of benzene rings is 1. The van der Waals surface area contributed by atoms with Crippen LogP contribution in [0.3, 0.4) is 0 Å². The number of rotatable bonds is 2. The first-order valence-corrected chi connectivity index (χ1v) is 7.28. The summed E-state index contributed by atoms with van der Waals surface area (Å²) in [5.41, 5.74) is -1.04. The maximum absolute atomic E-state index is 14.1. The number of halogens is 4. The van der Waals surface area contributed by atoms with E-state index in [0.29, 0.717) is 0 Å². The normalized spacial score (nSPS) is 12.1. The molecule has 1 aromatic heterocycles. The van der Waals surface area contributed by atoms with Crippen molar-refractivity contribution in [2.75, 3.05) is 6.26 Å². The van der Waals surface area contributed by atoms with Crippen LogP contribution in [0.5, 0.6) is 0 Å². The molecule has 2 aromatic rings. The lowest BCUT2D eigenvalue weighted by Crippen LogP contribution is -2.12. The van der Waals surface area contributed by atoms with E-state index >= 15 is 0 Å². The topological polar surface area (TPSA) is 66.0 Å². The van der Waals surface area contributed by atoms with Crippen LogP contribution in [0.1, 0.15) is 5.69 Å². The van der Waals surface area contributed by atoms with E-state index in [1.54, 1.807) is 12.4 Å². The molecule has 0 aliphatic carbocycles. The number of hydrogen-bond donors (Lipinski definition) is 1. The Bertz CT molecular complexity index is 775. The van der Waals surface area contributed by atoms with Gasteiger partial charge in [-0.3, -0.25) is 5.32 Å². The van der Waals surface area contributed by atoms with Crippen molar-refractivity contribution < 1.29 is 17.6 Å². The second-order valence-electron chi connectivity index (χ2n) is 4.14. The van der Waals surface area contributed by atoms with Gasteiger partial charge in [0.15, 0.2) is 22.9 Å². The summed E-state index contributed by atoms with van der Waals surface area (Å²) in [5, 5.41) is 14.4. The fourth-order valence-corrected chi connectivity index (χ4v) is 1.99. The van der Waals surface area contributed by atoms with Crippen molar-refractivity contribution in [2.45, 2.75) is 6.18 Å². The Balaban J connectivity index is 2.33. The summed E-state index contributed by atoms with van der Waals surface area (Å²) in [6, 6.07) is 4.46. The second kappa shape index (κ2) is 6.70. The molecule has 10 heteroatoms. The minimum atomic E-state index is -4.60. The van der Waals surface area contributed by atoms with Gasteiger partial charge < -0.3 is 0 Å². The fraction of sp³-hybridized carbons (Fsp3) is 0.154. The summed E-state index contributed by atoms with van der Waals surface area (Å²) in [6.45, 7) is 0. The fourth-order valence-electron chi connectivity index (χ4n) is 1.65. The Morgan fingerprint density at radius 1 is 1.39 bits per heavy atom. The maximum atomic E-state index is 14.1. The molecule has 1 heterocycles. The zero-order chi connectivity index (χ0) is 17.0. The number of aromatic nitrogens is 2. The Labute approximate surface area is 132 Å². The van der Waals surface area contributed by atoms with Gasteiger partial charge in [0, 0.05) is 12.3 Å². The minimum Gasteiger partial charge on any atom is -0.271 e. The monoisotopic (exact) mass is 343 g/mol. The van der Waals surface area contributed by atoms with Crippen molar-refractivity contribution in [2.24, 2.45) is 4.99 Å². The summed E-state index contributed by atoms with van der Waals surface area (Å²) < 4.78 is 52.4. The van der Waals surface area contributed by atoms with Crippen LogP contribution in [0, 0.1) is 17.3 Å². The molecule has 0 amide bonds. The first-order valence-electron chi connectivity index (χ1n) is 6.05. The molecule has 0 saturated carbocycles. The van der Waals surface area contributed by atoms with E-state index in [1.807, 2.05) is 0 Å². The molecule has 0 spiro atoms. The second-order valence-corrected chi connectivity index (χ2v) is 4.93. The van der Waals surface area contributed by atoms with Crippen molar-refractivity contribution in [3.8, 4) is 11.9 Å². The molecule has 1 N–H and O–H groups in total. The van der Waals surface area contributed by atoms with Gasteiger partial charge >= 0.3 is 6.18 Å². The van der Waals surface area contributed by atoms with Gasteiger partial charge in [0.1, 0.15) is 5.69 Å². The summed E-state index contributed by atoms with van der Waals surface area (Å²) in [6.07, 6.45) is -0.204. The predicted molar refractivity (Wildman–Crippen MR) is 77.9 cm³/mol. The highest BCUT2D eigenvalue weighted by molar-refractivity contribution is 8.13. The highest BCUT2D eigenvalue weighted by Gasteiger charge is 2.33. The van der Waals surface area contributed by atoms with Gasteiger partial charge in [-0.05, 0) is 24.5 Å². The lowest BCUT2D eigenvalue weighted by molar-refractivity contribution is -0.141. The van der Waals surface area contributed by atoms with E-state index < -0.39 is 17.7 Å². The largest absolute Gasteiger partial charge is 0.435 e. The summed E-state index contributed by atoms with van der Waals surface area (Å²) in [5.74, 6) is -0.791. The van der Waals surface area contributed by atoms with Crippen molar-refractivity contribution >= 4 is 22.6 Å². The van der Waals surface area contributed by atoms with Gasteiger partial charge in [0.05, 0.1) is 5.69 Å². The molecule has 0 atom stereocenters. The molecule has 0 unspecified atom stereocenters. The third-order valence-corrected chi connectivity index (χ3v) is 3.22. The number of alkyl halides is 3. The van der Waals surface area contributed by atoms with Crippen molar-refractivity contribution in [1.82, 2.24) is 15.1 Å². The van der Waals surface area contributed by atoms with Gasteiger partial charge in [-0.25, -0.2) is 14.1 Å². The first-order chi connectivity index (χ1) is 10.8. The van der Waals surface area contributed by atoms with Gasteiger partial charge in [-0.15, -0.1) is 0 Å². The number of nitrogens with one attached hydrogen (secondary N) is 1. The van der Waals surface area contributed by atoms with Crippen LogP contribution >= 0.6 is 11.8 Å². The number of thioether (sulfide) groups is 1. The van der Waals surface area contributed by atoms with E-state index in [0.717, 1.165) is 34.8 Å². The molecule has 5 nitrogen and oxygen atoms in total. The summed E-state index contributed by atoms with van der Waals surface area (Å²) in [4.78, 5) is 4.00. The SMILES string of the molecule is CSC(=Nc1ccc(-n2ccc(C(F)(F)F)n2)c(F)c1)NC#N. The van der Waals surface area contributed by atoms with Crippen LogP contribution in [0.2, 0.25) is 0 Å². The Hall–Kier alpha value is -2.54. The van der Waals surface area contributed by atoms with Gasteiger partial charge in [0.25, 0.3) is 0 Å². The van der Waals surface area contributed by atoms with E-state index in [9.17, 15) is 17.6 Å². The summed E-state index contributed by atoms with van der Waals surface area (Å²) in [7, 11) is 0. The molecule has 0 aliphatic rings. The molecule has 23 heavy (non-hydrogen) atoms. The highest BCUT2D eigenvalue weighted by Crippen LogP contribution is 2.28. The number of nitriles is 1. The summed E-state index contributed by atoms with van der Waals surface area (Å²) >= 11 is 1.15. The number of aliphatic imine (C=N–C) groups is 1. The van der Waals surface area contributed by atoms with Crippen LogP contribution in [-0.2, 0) is 6.18 Å². The highest BCUT2D eigenvalue weighted by atomic mass is 32.2. The molecule has 0 bridgehead atoms. The Morgan fingerprint density at radius 2 is 2.13 bits per heavy atom. The number of hydrogen-bond acceptors (Lipinski definition) is 4. The third-order valence-electron chi connectivity index (χ3n) is 2.64. The molecule has 0 saturated heterocycles. The first kappa shape index (κ1) is 16.8. The van der Waals surface area contributed by atoms with Crippen molar-refractivity contribution in [3.05, 3.63) is 42.0 Å². The van der Waals surface area contributed by atoms with Gasteiger partial charge in [-0.2, -0.15) is 23.5 Å². The van der Waals surface area contributed by atoms with Crippen LogP contribution < -0.4 is 5.32 Å². The quantitative estimate of drug-likeness (QED) is 0.298. The average molecular weight is 343 g/mol. The lowest BCUT2D eigenvalue weighted by Gasteiger charge is -2.06. The van der Waals surface area contributed by atoms with Crippen LogP contribution in [-0.4, -0.2) is 21.2 Å². The van der Waals surface area contributed by atoms with Crippen molar-refractivity contribution in [1.29, 1.82) is 5.26 Å². The Morgan fingerprint density at radius 3 is 2.65 bits per heavy atom. The molecule has 1 aromatic carbocycles. The van der Waals surface area contributed by atoms with Crippen molar-refractivity contribution in [3.63, 3.8) is 0 Å². The molecule has 0 aliphatic heterocycles. The van der Waals surface area contributed by atoms with Crippen LogP contribution in [0.15, 0.2) is 35.5 Å². The zero-order valence-electron chi connectivity index (χ0n) is 11.6. The lowest BCUT2D eigenvalue weighted by atomic mass is 10.2. The molecular formula is C13H9F4N5S. The third kappa shape index (κ3) is 4.01. The minimum absolute atomic E-state index is 0.140.